The highest BCUT2D eigenvalue weighted by Crippen LogP contribution is 2.24. The molecule has 27 heavy (non-hydrogen) atoms. The van der Waals surface area contributed by atoms with Gasteiger partial charge in [-0.2, -0.15) is 0 Å². The zero-order valence-electron chi connectivity index (χ0n) is 14.8. The van der Waals surface area contributed by atoms with Crippen molar-refractivity contribution in [1.29, 1.82) is 0 Å². The molecule has 1 N–H and O–H groups in total. The number of hydrogen-bond donors (Lipinski definition) is 1. The highest BCUT2D eigenvalue weighted by molar-refractivity contribution is 5.89. The van der Waals surface area contributed by atoms with Gasteiger partial charge in [-0.05, 0) is 54.5 Å². The average Bonchev–Trinajstić information content (AvgIpc) is 2.65. The van der Waals surface area contributed by atoms with Crippen LogP contribution in [0.25, 0.3) is 0 Å². The number of likely N-dealkylation sites (tertiary alicyclic amines) is 1. The Labute approximate surface area is 156 Å². The summed E-state index contributed by atoms with van der Waals surface area (Å²) >= 11 is 0. The van der Waals surface area contributed by atoms with Crippen LogP contribution in [0.4, 0.5) is 8.78 Å². The number of carboxylic acids is 1. The van der Waals surface area contributed by atoms with Crippen LogP contribution in [0.5, 0.6) is 0 Å². The third-order valence-corrected chi connectivity index (χ3v) is 5.06. The topological polar surface area (TPSA) is 57.6 Å². The number of amides is 1. The van der Waals surface area contributed by atoms with Crippen molar-refractivity contribution in [2.75, 3.05) is 13.1 Å². The summed E-state index contributed by atoms with van der Waals surface area (Å²) in [4.78, 5) is 25.5. The van der Waals surface area contributed by atoms with E-state index in [0.717, 1.165) is 30.5 Å². The lowest BCUT2D eigenvalue weighted by Gasteiger charge is -2.32. The Kier molecular flexibility index (Phi) is 5.84. The molecule has 0 bridgehead atoms. The number of nitrogens with zero attached hydrogens (tertiary/aromatic N) is 1. The first-order valence-electron chi connectivity index (χ1n) is 8.97. The second kappa shape index (κ2) is 8.29. The average molecular weight is 373 g/mol. The molecule has 6 heteroatoms. The summed E-state index contributed by atoms with van der Waals surface area (Å²) in [6.07, 6.45) is 2.30. The second-order valence-corrected chi connectivity index (χ2v) is 6.92. The predicted octanol–water partition coefficient (Wildman–Crippen LogP) is 3.69. The number of carbonyl (C=O) groups is 2. The lowest BCUT2D eigenvalue weighted by atomic mass is 9.88. The molecule has 1 amide bonds. The molecule has 1 aliphatic rings. The molecule has 142 valence electrons. The molecular weight excluding hydrogens is 352 g/mol. The Balaban J connectivity index is 1.55. The van der Waals surface area contributed by atoms with Gasteiger partial charge in [0.2, 0.25) is 5.91 Å². The first kappa shape index (κ1) is 19.0. The normalized spacial score (nSPS) is 15.0. The molecule has 2 aromatic rings. The molecule has 0 aromatic heterocycles. The van der Waals surface area contributed by atoms with Gasteiger partial charge in [-0.3, -0.25) is 4.79 Å². The highest BCUT2D eigenvalue weighted by Gasteiger charge is 2.24. The van der Waals surface area contributed by atoms with E-state index in [1.54, 1.807) is 17.0 Å². The van der Waals surface area contributed by atoms with E-state index < -0.39 is 17.6 Å². The summed E-state index contributed by atoms with van der Waals surface area (Å²) in [6, 6.07) is 10.5. The van der Waals surface area contributed by atoms with Gasteiger partial charge in [-0.25, -0.2) is 13.6 Å². The van der Waals surface area contributed by atoms with Crippen LogP contribution in [-0.2, 0) is 17.6 Å². The van der Waals surface area contributed by atoms with Crippen LogP contribution < -0.4 is 0 Å². The third-order valence-electron chi connectivity index (χ3n) is 5.06. The molecule has 1 fully saturated rings. The van der Waals surface area contributed by atoms with Gasteiger partial charge in [0.15, 0.2) is 11.6 Å². The van der Waals surface area contributed by atoms with E-state index in [-0.39, 0.29) is 12.3 Å². The first-order valence-corrected chi connectivity index (χ1v) is 8.97. The molecule has 1 aliphatic heterocycles. The van der Waals surface area contributed by atoms with E-state index in [1.807, 2.05) is 12.1 Å². The maximum absolute atomic E-state index is 13.3. The van der Waals surface area contributed by atoms with Gasteiger partial charge in [-0.1, -0.05) is 24.3 Å². The fourth-order valence-electron chi connectivity index (χ4n) is 3.54. The predicted molar refractivity (Wildman–Crippen MR) is 96.5 cm³/mol. The molecule has 1 heterocycles. The van der Waals surface area contributed by atoms with Crippen molar-refractivity contribution in [1.82, 2.24) is 4.90 Å². The summed E-state index contributed by atoms with van der Waals surface area (Å²) < 4.78 is 26.3. The Morgan fingerprint density at radius 2 is 1.74 bits per heavy atom. The first-order chi connectivity index (χ1) is 12.9. The summed E-state index contributed by atoms with van der Waals surface area (Å²) in [7, 11) is 0. The number of rotatable bonds is 5. The van der Waals surface area contributed by atoms with E-state index in [4.69, 9.17) is 0 Å². The number of piperidine rings is 1. The van der Waals surface area contributed by atoms with Crippen molar-refractivity contribution < 1.29 is 23.5 Å². The molecule has 0 radical (unpaired) electrons. The molecule has 0 unspecified atom stereocenters. The van der Waals surface area contributed by atoms with E-state index in [0.29, 0.717) is 36.6 Å². The minimum absolute atomic E-state index is 0.0454. The van der Waals surface area contributed by atoms with Crippen molar-refractivity contribution in [2.45, 2.75) is 25.7 Å². The lowest BCUT2D eigenvalue weighted by Crippen LogP contribution is -2.39. The van der Waals surface area contributed by atoms with Crippen molar-refractivity contribution in [2.24, 2.45) is 5.92 Å². The van der Waals surface area contributed by atoms with E-state index >= 15 is 0 Å². The highest BCUT2D eigenvalue weighted by atomic mass is 19.2. The van der Waals surface area contributed by atoms with Gasteiger partial charge < -0.3 is 10.0 Å². The Morgan fingerprint density at radius 3 is 2.41 bits per heavy atom. The molecule has 0 atom stereocenters. The van der Waals surface area contributed by atoms with Gasteiger partial charge in [0.25, 0.3) is 0 Å². The van der Waals surface area contributed by atoms with Gasteiger partial charge in [-0.15, -0.1) is 0 Å². The van der Waals surface area contributed by atoms with Crippen LogP contribution in [0.15, 0.2) is 42.5 Å². The number of carboxylic acid groups (broad SMARTS) is 1. The molecule has 1 saturated heterocycles. The fraction of sp³-hybridized carbons (Fsp3) is 0.333. The number of aromatic carboxylic acids is 1. The van der Waals surface area contributed by atoms with Gasteiger partial charge >= 0.3 is 5.97 Å². The molecule has 0 spiro atoms. The summed E-state index contributed by atoms with van der Waals surface area (Å²) in [5.41, 5.74) is 1.60. The van der Waals surface area contributed by atoms with Gasteiger partial charge in [0, 0.05) is 13.1 Å². The maximum atomic E-state index is 13.3. The Hall–Kier alpha value is -2.76. The molecule has 2 aromatic carbocycles. The molecular formula is C21H21F2NO3. The van der Waals surface area contributed by atoms with Crippen molar-refractivity contribution in [3.8, 4) is 0 Å². The van der Waals surface area contributed by atoms with Gasteiger partial charge in [0.1, 0.15) is 0 Å². The Bertz CT molecular complexity index is 845. The number of benzene rings is 2. The largest absolute Gasteiger partial charge is 0.478 e. The zero-order valence-corrected chi connectivity index (χ0v) is 14.8. The zero-order chi connectivity index (χ0) is 19.4. The number of carbonyl (C=O) groups excluding carboxylic acids is 1. The second-order valence-electron chi connectivity index (χ2n) is 6.92. The van der Waals surface area contributed by atoms with Crippen LogP contribution >= 0.6 is 0 Å². The van der Waals surface area contributed by atoms with Crippen LogP contribution in [0, 0.1) is 17.6 Å². The molecule has 0 aliphatic carbocycles. The number of hydrogen-bond acceptors (Lipinski definition) is 2. The van der Waals surface area contributed by atoms with Crippen LogP contribution in [0.2, 0.25) is 0 Å². The molecule has 4 nitrogen and oxygen atoms in total. The lowest BCUT2D eigenvalue weighted by molar-refractivity contribution is -0.131. The monoisotopic (exact) mass is 373 g/mol. The van der Waals surface area contributed by atoms with E-state index in [9.17, 15) is 23.5 Å². The fourth-order valence-corrected chi connectivity index (χ4v) is 3.54. The minimum atomic E-state index is -0.948. The minimum Gasteiger partial charge on any atom is -0.478 e. The van der Waals surface area contributed by atoms with Crippen molar-refractivity contribution in [3.05, 3.63) is 70.8 Å². The summed E-state index contributed by atoms with van der Waals surface area (Å²) in [6.45, 7) is 1.17. The summed E-state index contributed by atoms with van der Waals surface area (Å²) in [5.74, 6) is -2.59. The van der Waals surface area contributed by atoms with Crippen molar-refractivity contribution in [3.63, 3.8) is 0 Å². The van der Waals surface area contributed by atoms with E-state index in [2.05, 4.69) is 0 Å². The Morgan fingerprint density at radius 1 is 1.04 bits per heavy atom. The quantitative estimate of drug-likeness (QED) is 0.870. The van der Waals surface area contributed by atoms with E-state index in [1.165, 1.54) is 6.07 Å². The number of halogens is 2. The standard InChI is InChI=1S/C21H21F2NO3/c22-18-6-5-15(12-19(18)23)13-20(25)24-9-7-14(8-10-24)11-16-3-1-2-4-17(16)21(26)27/h1-6,12,14H,7-11,13H2,(H,26,27). The molecule has 0 saturated carbocycles. The molecule has 3 rings (SSSR count). The van der Waals surface area contributed by atoms with Crippen LogP contribution in [0.1, 0.15) is 34.3 Å². The maximum Gasteiger partial charge on any atom is 0.335 e. The SMILES string of the molecule is O=C(O)c1ccccc1CC1CCN(C(=O)Cc2ccc(F)c(F)c2)CC1. The third kappa shape index (κ3) is 4.70. The van der Waals surface area contributed by atoms with Gasteiger partial charge in [0.05, 0.1) is 12.0 Å². The smallest absolute Gasteiger partial charge is 0.335 e. The van der Waals surface area contributed by atoms with Crippen LogP contribution in [0.3, 0.4) is 0 Å². The summed E-state index contributed by atoms with van der Waals surface area (Å²) in [5, 5.41) is 9.28. The van der Waals surface area contributed by atoms with Crippen molar-refractivity contribution >= 4 is 11.9 Å². The van der Waals surface area contributed by atoms with Crippen LogP contribution in [-0.4, -0.2) is 35.0 Å².